The van der Waals surface area contributed by atoms with Gasteiger partial charge in [0.05, 0.1) is 18.4 Å². The Bertz CT molecular complexity index is 2050. The number of nitrogens with one attached hydrogen (secondary N) is 3. The average Bonchev–Trinajstić information content (AvgIpc) is 4.08. The standard InChI is InChI=1S/C39H49ClF3N5O9S/c1-5-15-55-31-18-28-27(11-8-12-29(28)40)34(44-31)57-25-17-30-33(49)46-38(36(51)47-58(53,54)26-13-14-26)19-24(38)10-7-6-9-21(2)16-22(3)32(35(50)48(30)20-25)45-37(52)56-23(4)39(41,42)43/h7-8,10-12,18,21-26,30,32H,5-6,9,13-17,19-20H2,1-4H3,(H,45,52)(H,46,49)(H,47,51)/b10-7-/t21-,22+,23+,24?,25+,30-,32-,38+/m0/s1. The summed E-state index contributed by atoms with van der Waals surface area (Å²) in [5, 5.41) is 5.91. The Labute approximate surface area is 340 Å². The van der Waals surface area contributed by atoms with Gasteiger partial charge in [0.2, 0.25) is 33.6 Å². The van der Waals surface area contributed by atoms with Crippen molar-refractivity contribution in [3.8, 4) is 11.8 Å². The summed E-state index contributed by atoms with van der Waals surface area (Å²) in [5.74, 6) is -3.39. The molecule has 1 aromatic carbocycles. The van der Waals surface area contributed by atoms with Crippen LogP contribution in [0.3, 0.4) is 0 Å². The molecule has 6 rings (SSSR count). The first kappa shape index (κ1) is 43.3. The molecule has 1 saturated heterocycles. The molecular weight excluding hydrogens is 807 g/mol. The third-order valence-electron chi connectivity index (χ3n) is 11.1. The van der Waals surface area contributed by atoms with Gasteiger partial charge in [-0.15, -0.1) is 0 Å². The van der Waals surface area contributed by atoms with Crippen LogP contribution in [0.25, 0.3) is 10.8 Å². The number of hydrogen-bond donors (Lipinski definition) is 3. The van der Waals surface area contributed by atoms with Gasteiger partial charge in [-0.2, -0.15) is 18.2 Å². The maximum absolute atomic E-state index is 14.7. The molecule has 19 heteroatoms. The maximum atomic E-state index is 14.7. The molecule has 58 heavy (non-hydrogen) atoms. The Morgan fingerprint density at radius 3 is 2.57 bits per heavy atom. The Balaban J connectivity index is 1.36. The molecule has 1 aromatic heterocycles. The van der Waals surface area contributed by atoms with E-state index in [1.807, 2.05) is 19.9 Å². The number of halogens is 4. The molecule has 0 bridgehead atoms. The number of allylic oxidation sites excluding steroid dienone is 1. The quantitative estimate of drug-likeness (QED) is 0.256. The number of fused-ring (bicyclic) bond motifs is 3. The van der Waals surface area contributed by atoms with E-state index in [0.717, 1.165) is 0 Å². The molecule has 1 unspecified atom stereocenters. The largest absolute Gasteiger partial charge is 0.478 e. The second kappa shape index (κ2) is 17.1. The van der Waals surface area contributed by atoms with Crippen molar-refractivity contribution in [3.05, 3.63) is 41.4 Å². The fraction of sp³-hybridized carbons (Fsp3) is 0.615. The molecule has 3 heterocycles. The molecule has 14 nitrogen and oxygen atoms in total. The van der Waals surface area contributed by atoms with Crippen LogP contribution < -0.4 is 24.8 Å². The number of alkyl halides is 3. The van der Waals surface area contributed by atoms with Crippen molar-refractivity contribution < 1.29 is 55.0 Å². The number of hydrogen-bond acceptors (Lipinski definition) is 10. The third kappa shape index (κ3) is 9.75. The van der Waals surface area contributed by atoms with Crippen LogP contribution in [0.4, 0.5) is 18.0 Å². The average molecular weight is 856 g/mol. The maximum Gasteiger partial charge on any atom is 0.425 e. The lowest BCUT2D eigenvalue weighted by Crippen LogP contribution is -2.59. The smallest absolute Gasteiger partial charge is 0.425 e. The lowest BCUT2D eigenvalue weighted by atomic mass is 9.88. The molecule has 4 aliphatic rings. The minimum atomic E-state index is -4.86. The van der Waals surface area contributed by atoms with Gasteiger partial charge >= 0.3 is 12.3 Å². The van der Waals surface area contributed by atoms with Crippen LogP contribution in [-0.2, 0) is 29.1 Å². The van der Waals surface area contributed by atoms with Crippen LogP contribution in [0.15, 0.2) is 36.4 Å². The number of carbonyl (C=O) groups excluding carboxylic acids is 4. The van der Waals surface area contributed by atoms with Crippen molar-refractivity contribution in [2.24, 2.45) is 17.8 Å². The first-order chi connectivity index (χ1) is 27.3. The monoisotopic (exact) mass is 855 g/mol. The zero-order valence-electron chi connectivity index (χ0n) is 32.6. The molecular formula is C39H49ClF3N5O9S. The van der Waals surface area contributed by atoms with Crippen LogP contribution in [-0.4, -0.2) is 96.5 Å². The fourth-order valence-corrected chi connectivity index (χ4v) is 9.19. The number of pyridine rings is 1. The van der Waals surface area contributed by atoms with E-state index in [2.05, 4.69) is 25.1 Å². The van der Waals surface area contributed by atoms with Crippen LogP contribution in [0.5, 0.6) is 11.8 Å². The highest BCUT2D eigenvalue weighted by Gasteiger charge is 2.62. The number of aromatic nitrogens is 1. The highest BCUT2D eigenvalue weighted by Crippen LogP contribution is 2.46. The zero-order valence-corrected chi connectivity index (χ0v) is 34.2. The number of sulfonamides is 1. The molecule has 2 aliphatic carbocycles. The van der Waals surface area contributed by atoms with E-state index in [-0.39, 0.29) is 37.1 Å². The zero-order chi connectivity index (χ0) is 42.2. The molecule has 2 aliphatic heterocycles. The number of amides is 4. The SMILES string of the molecule is CCCOc1cc2c(Cl)cccc2c(O[C@@H]2C[C@H]3C(=O)N[C@]4(C(=O)NS(=O)(=O)C5CC5)CC4/C=C\CC[C@H](C)C[C@@H](C)[C@H](NC(=O)O[C@H](C)C(F)(F)F)C(=O)N3C2)n1. The molecule has 2 saturated carbocycles. The van der Waals surface area contributed by atoms with Gasteiger partial charge < -0.3 is 29.7 Å². The Hall–Kier alpha value is -4.32. The van der Waals surface area contributed by atoms with E-state index >= 15 is 0 Å². The van der Waals surface area contributed by atoms with Crippen LogP contribution in [0, 0.1) is 17.8 Å². The summed E-state index contributed by atoms with van der Waals surface area (Å²) >= 11 is 6.54. The number of ether oxygens (including phenoxy) is 3. The molecule has 3 N–H and O–H groups in total. The van der Waals surface area contributed by atoms with Crippen LogP contribution >= 0.6 is 11.6 Å². The summed E-state index contributed by atoms with van der Waals surface area (Å²) in [6.07, 6.45) is -3.12. The van der Waals surface area contributed by atoms with Crippen LogP contribution in [0.1, 0.15) is 79.1 Å². The second-order valence-electron chi connectivity index (χ2n) is 15.9. The fourth-order valence-electron chi connectivity index (χ4n) is 7.60. The lowest BCUT2D eigenvalue weighted by Gasteiger charge is -2.33. The Morgan fingerprint density at radius 1 is 1.14 bits per heavy atom. The summed E-state index contributed by atoms with van der Waals surface area (Å²) in [7, 11) is -3.99. The van der Waals surface area contributed by atoms with Crippen molar-refractivity contribution >= 4 is 56.2 Å². The van der Waals surface area contributed by atoms with E-state index in [4.69, 9.17) is 21.1 Å². The van der Waals surface area contributed by atoms with E-state index in [1.165, 1.54) is 4.90 Å². The van der Waals surface area contributed by atoms with Crippen LogP contribution in [0.2, 0.25) is 5.02 Å². The van der Waals surface area contributed by atoms with Gasteiger partial charge in [0.15, 0.2) is 6.10 Å². The first-order valence-electron chi connectivity index (χ1n) is 19.6. The number of nitrogens with zero attached hydrogens (tertiary/aromatic N) is 2. The second-order valence-corrected chi connectivity index (χ2v) is 18.3. The Morgan fingerprint density at radius 2 is 1.88 bits per heavy atom. The van der Waals surface area contributed by atoms with E-state index in [1.54, 1.807) is 37.3 Å². The van der Waals surface area contributed by atoms with Gasteiger partial charge in [0.25, 0.3) is 5.91 Å². The van der Waals surface area contributed by atoms with Crippen molar-refractivity contribution in [3.63, 3.8) is 0 Å². The molecule has 4 amide bonds. The van der Waals surface area contributed by atoms with Gasteiger partial charge in [-0.25, -0.2) is 13.2 Å². The van der Waals surface area contributed by atoms with Gasteiger partial charge in [0, 0.05) is 34.2 Å². The minimum Gasteiger partial charge on any atom is -0.478 e. The summed E-state index contributed by atoms with van der Waals surface area (Å²) in [6, 6.07) is 4.00. The highest BCUT2D eigenvalue weighted by atomic mass is 35.5. The summed E-state index contributed by atoms with van der Waals surface area (Å²) in [4.78, 5) is 61.7. The van der Waals surface area contributed by atoms with Crippen molar-refractivity contribution in [1.29, 1.82) is 0 Å². The van der Waals surface area contributed by atoms with E-state index in [9.17, 15) is 40.8 Å². The summed E-state index contributed by atoms with van der Waals surface area (Å²) in [6.45, 7) is 6.30. The molecule has 8 atom stereocenters. The third-order valence-corrected chi connectivity index (χ3v) is 13.3. The first-order valence-corrected chi connectivity index (χ1v) is 21.5. The molecule has 2 aromatic rings. The van der Waals surface area contributed by atoms with Crippen molar-refractivity contribution in [1.82, 2.24) is 25.2 Å². The molecule has 0 radical (unpaired) electrons. The molecule has 0 spiro atoms. The Kier molecular flexibility index (Phi) is 12.8. The van der Waals surface area contributed by atoms with E-state index in [0.29, 0.717) is 67.9 Å². The molecule has 3 fully saturated rings. The minimum absolute atomic E-state index is 0.0402. The predicted octanol–water partition coefficient (Wildman–Crippen LogP) is 5.57. The lowest BCUT2D eigenvalue weighted by molar-refractivity contribution is -0.197. The number of alkyl carbamates (subject to hydrolysis) is 1. The van der Waals surface area contributed by atoms with Gasteiger partial charge in [0.1, 0.15) is 23.7 Å². The number of benzene rings is 1. The summed E-state index contributed by atoms with van der Waals surface area (Å²) < 4.78 is 84.9. The normalized spacial score (nSPS) is 29.1. The highest BCUT2D eigenvalue weighted by molar-refractivity contribution is 7.91. The van der Waals surface area contributed by atoms with Gasteiger partial charge in [-0.3, -0.25) is 19.1 Å². The number of rotatable bonds is 10. The van der Waals surface area contributed by atoms with Crippen molar-refractivity contribution in [2.45, 2.75) is 120 Å². The summed E-state index contributed by atoms with van der Waals surface area (Å²) in [5.41, 5.74) is -1.64. The van der Waals surface area contributed by atoms with Gasteiger partial charge in [-0.1, -0.05) is 50.6 Å². The van der Waals surface area contributed by atoms with E-state index < -0.39 is 86.9 Å². The molecule has 318 valence electrons. The number of carbonyl (C=O) groups is 4. The topological polar surface area (TPSA) is 182 Å². The van der Waals surface area contributed by atoms with Gasteiger partial charge in [-0.05, 0) is 75.8 Å². The predicted molar refractivity (Wildman–Crippen MR) is 206 cm³/mol. The van der Waals surface area contributed by atoms with Crippen molar-refractivity contribution in [2.75, 3.05) is 13.2 Å².